The standard InChI is InChI=1S/C14H20BO2/c1-10(2)14(4,5)17-15-13-7-6-12(9-16)8-11(13)3/h6-10H,1-5H3. The zero-order valence-corrected chi connectivity index (χ0v) is 11.3. The highest BCUT2D eigenvalue weighted by atomic mass is 16.5. The van der Waals surface area contributed by atoms with E-state index in [0.717, 1.165) is 17.3 Å². The average molecular weight is 231 g/mol. The van der Waals surface area contributed by atoms with Crippen molar-refractivity contribution in [3.05, 3.63) is 29.3 Å². The summed E-state index contributed by atoms with van der Waals surface area (Å²) in [6.07, 6.45) is 0.857. The molecule has 0 amide bonds. The maximum Gasteiger partial charge on any atom is 0.331 e. The molecule has 1 aromatic rings. The van der Waals surface area contributed by atoms with Gasteiger partial charge in [0.2, 0.25) is 0 Å². The molecule has 1 aromatic carbocycles. The first-order valence-electron chi connectivity index (χ1n) is 5.93. The number of aldehydes is 1. The van der Waals surface area contributed by atoms with E-state index in [1.54, 1.807) is 13.5 Å². The third-order valence-electron chi connectivity index (χ3n) is 3.31. The highest BCUT2D eigenvalue weighted by Gasteiger charge is 2.23. The van der Waals surface area contributed by atoms with Crippen molar-refractivity contribution in [3.8, 4) is 0 Å². The van der Waals surface area contributed by atoms with Gasteiger partial charge in [-0.25, -0.2) is 0 Å². The Hall–Kier alpha value is -1.09. The predicted octanol–water partition coefficient (Wildman–Crippen LogP) is 2.50. The molecule has 2 nitrogen and oxygen atoms in total. The van der Waals surface area contributed by atoms with E-state index in [9.17, 15) is 4.79 Å². The van der Waals surface area contributed by atoms with Gasteiger partial charge in [-0.05, 0) is 32.8 Å². The Balaban J connectivity index is 2.73. The Morgan fingerprint density at radius 2 is 2.00 bits per heavy atom. The fraction of sp³-hybridized carbons (Fsp3) is 0.500. The Labute approximate surface area is 105 Å². The molecule has 91 valence electrons. The van der Waals surface area contributed by atoms with Crippen molar-refractivity contribution < 1.29 is 9.45 Å². The molecule has 17 heavy (non-hydrogen) atoms. The van der Waals surface area contributed by atoms with Gasteiger partial charge in [0.05, 0.1) is 0 Å². The van der Waals surface area contributed by atoms with Gasteiger partial charge in [0.15, 0.2) is 0 Å². The fourth-order valence-corrected chi connectivity index (χ4v) is 1.26. The molecule has 0 saturated heterocycles. The van der Waals surface area contributed by atoms with E-state index in [0.29, 0.717) is 11.5 Å². The minimum absolute atomic E-state index is 0.185. The molecule has 0 bridgehead atoms. The molecule has 3 heteroatoms. The van der Waals surface area contributed by atoms with E-state index in [1.165, 1.54) is 0 Å². The quantitative estimate of drug-likeness (QED) is 0.574. The first kappa shape index (κ1) is 14.0. The van der Waals surface area contributed by atoms with Crippen molar-refractivity contribution in [3.63, 3.8) is 0 Å². The van der Waals surface area contributed by atoms with Crippen molar-refractivity contribution in [1.82, 2.24) is 0 Å². The molecule has 0 N–H and O–H groups in total. The van der Waals surface area contributed by atoms with Gasteiger partial charge in [0, 0.05) is 11.2 Å². The van der Waals surface area contributed by atoms with Crippen LogP contribution in [-0.4, -0.2) is 19.4 Å². The first-order valence-corrected chi connectivity index (χ1v) is 5.93. The molecule has 0 unspecified atom stereocenters. The van der Waals surface area contributed by atoms with Crippen LogP contribution in [0.25, 0.3) is 0 Å². The second kappa shape index (κ2) is 5.50. The van der Waals surface area contributed by atoms with Crippen molar-refractivity contribution in [2.75, 3.05) is 0 Å². The maximum atomic E-state index is 10.6. The van der Waals surface area contributed by atoms with Gasteiger partial charge in [0.1, 0.15) is 6.29 Å². The summed E-state index contributed by atoms with van der Waals surface area (Å²) in [4.78, 5) is 10.6. The second-order valence-corrected chi connectivity index (χ2v) is 5.23. The number of hydrogen-bond donors (Lipinski definition) is 0. The van der Waals surface area contributed by atoms with Crippen LogP contribution in [0.5, 0.6) is 0 Å². The molecule has 0 saturated carbocycles. The summed E-state index contributed by atoms with van der Waals surface area (Å²) in [6.45, 7) is 10.4. The zero-order valence-electron chi connectivity index (χ0n) is 11.3. The lowest BCUT2D eigenvalue weighted by Gasteiger charge is -2.30. The molecule has 0 aromatic heterocycles. The summed E-state index contributed by atoms with van der Waals surface area (Å²) in [5.74, 6) is 0.438. The van der Waals surface area contributed by atoms with Gasteiger partial charge in [-0.15, -0.1) is 0 Å². The summed E-state index contributed by atoms with van der Waals surface area (Å²) >= 11 is 0. The van der Waals surface area contributed by atoms with Crippen LogP contribution < -0.4 is 5.46 Å². The van der Waals surface area contributed by atoms with Crippen molar-refractivity contribution in [1.29, 1.82) is 0 Å². The molecule has 0 aliphatic heterocycles. The Morgan fingerprint density at radius 1 is 1.35 bits per heavy atom. The van der Waals surface area contributed by atoms with Gasteiger partial charge in [-0.2, -0.15) is 0 Å². The lowest BCUT2D eigenvalue weighted by atomic mass is 9.81. The summed E-state index contributed by atoms with van der Waals surface area (Å²) in [6, 6.07) is 5.58. The van der Waals surface area contributed by atoms with Gasteiger partial charge in [0.25, 0.3) is 0 Å². The number of carbonyl (C=O) groups excluding carboxylic acids is 1. The molecule has 0 aliphatic rings. The van der Waals surface area contributed by atoms with Gasteiger partial charge in [-0.1, -0.05) is 37.0 Å². The highest BCUT2D eigenvalue weighted by Crippen LogP contribution is 2.19. The van der Waals surface area contributed by atoms with Crippen LogP contribution in [0.2, 0.25) is 0 Å². The summed E-state index contributed by atoms with van der Waals surface area (Å²) in [5, 5.41) is 0. The largest absolute Gasteiger partial charge is 0.429 e. The Kier molecular flexibility index (Phi) is 4.52. The molecule has 0 spiro atoms. The fourth-order valence-electron chi connectivity index (χ4n) is 1.26. The summed E-state index contributed by atoms with van der Waals surface area (Å²) in [5.41, 5.74) is 2.58. The number of rotatable bonds is 5. The normalized spacial score (nSPS) is 11.6. The van der Waals surface area contributed by atoms with Crippen molar-refractivity contribution in [2.24, 2.45) is 5.92 Å². The third-order valence-corrected chi connectivity index (χ3v) is 3.31. The molecule has 1 rings (SSSR count). The van der Waals surface area contributed by atoms with E-state index in [4.69, 9.17) is 4.65 Å². The van der Waals surface area contributed by atoms with Crippen molar-refractivity contribution in [2.45, 2.75) is 40.2 Å². The Bertz CT molecular complexity index is 397. The summed E-state index contributed by atoms with van der Waals surface area (Å²) < 4.78 is 5.82. The van der Waals surface area contributed by atoms with Crippen LogP contribution in [0.1, 0.15) is 43.6 Å². The molecule has 1 radical (unpaired) electrons. The van der Waals surface area contributed by atoms with Crippen LogP contribution in [0.4, 0.5) is 0 Å². The lowest BCUT2D eigenvalue weighted by Crippen LogP contribution is -2.36. The lowest BCUT2D eigenvalue weighted by molar-refractivity contribution is 0.0668. The van der Waals surface area contributed by atoms with Crippen LogP contribution >= 0.6 is 0 Å². The monoisotopic (exact) mass is 231 g/mol. The molecule has 0 atom stereocenters. The van der Waals surface area contributed by atoms with E-state index in [1.807, 2.05) is 19.1 Å². The van der Waals surface area contributed by atoms with Crippen LogP contribution in [0.3, 0.4) is 0 Å². The molecule has 0 aliphatic carbocycles. The topological polar surface area (TPSA) is 26.3 Å². The number of aryl methyl sites for hydroxylation is 1. The number of hydrogen-bond acceptors (Lipinski definition) is 2. The number of carbonyl (C=O) groups is 1. The average Bonchev–Trinajstić information content (AvgIpc) is 2.27. The highest BCUT2D eigenvalue weighted by molar-refractivity contribution is 6.47. The van der Waals surface area contributed by atoms with Gasteiger partial charge < -0.3 is 4.65 Å². The first-order chi connectivity index (χ1) is 7.86. The minimum atomic E-state index is -0.185. The zero-order chi connectivity index (χ0) is 13.1. The second-order valence-electron chi connectivity index (χ2n) is 5.23. The van der Waals surface area contributed by atoms with E-state index in [2.05, 4.69) is 27.7 Å². The molecule has 0 fully saturated rings. The van der Waals surface area contributed by atoms with E-state index in [-0.39, 0.29) is 5.60 Å². The third kappa shape index (κ3) is 3.70. The van der Waals surface area contributed by atoms with Gasteiger partial charge >= 0.3 is 7.48 Å². The maximum absolute atomic E-state index is 10.6. The predicted molar refractivity (Wildman–Crippen MR) is 72.0 cm³/mol. The summed E-state index contributed by atoms with van der Waals surface area (Å²) in [7, 11) is 1.78. The van der Waals surface area contributed by atoms with Crippen LogP contribution in [-0.2, 0) is 4.65 Å². The Morgan fingerprint density at radius 3 is 2.47 bits per heavy atom. The van der Waals surface area contributed by atoms with Crippen LogP contribution in [0.15, 0.2) is 18.2 Å². The minimum Gasteiger partial charge on any atom is -0.429 e. The van der Waals surface area contributed by atoms with E-state index < -0.39 is 0 Å². The number of benzene rings is 1. The van der Waals surface area contributed by atoms with E-state index >= 15 is 0 Å². The molecular weight excluding hydrogens is 211 g/mol. The van der Waals surface area contributed by atoms with Crippen LogP contribution in [0, 0.1) is 12.8 Å². The smallest absolute Gasteiger partial charge is 0.331 e. The molecular formula is C14H20BO2. The van der Waals surface area contributed by atoms with Gasteiger partial charge in [-0.3, -0.25) is 4.79 Å². The molecule has 0 heterocycles. The van der Waals surface area contributed by atoms with Crippen molar-refractivity contribution >= 4 is 19.2 Å². The SMILES string of the molecule is Cc1cc(C=O)ccc1[B]OC(C)(C)C(C)C.